The lowest BCUT2D eigenvalue weighted by Gasteiger charge is -2.13. The second-order valence-corrected chi connectivity index (χ2v) is 5.50. The number of carbonyl (C=O) groups is 1. The Morgan fingerprint density at radius 1 is 1.08 bits per heavy atom. The molecule has 0 aliphatic heterocycles. The van der Waals surface area contributed by atoms with Crippen LogP contribution in [-0.2, 0) is 6.18 Å². The van der Waals surface area contributed by atoms with Crippen molar-refractivity contribution >= 4 is 23.4 Å². The third kappa shape index (κ3) is 3.80. The van der Waals surface area contributed by atoms with Gasteiger partial charge in [-0.05, 0) is 24.3 Å². The van der Waals surface area contributed by atoms with Crippen molar-refractivity contribution in [3.63, 3.8) is 0 Å². The lowest BCUT2D eigenvalue weighted by molar-refractivity contribution is -0.143. The normalized spacial score (nSPS) is 11.2. The summed E-state index contributed by atoms with van der Waals surface area (Å²) in [6, 6.07) is 14.0. The van der Waals surface area contributed by atoms with E-state index in [2.05, 4.69) is 10.4 Å². The van der Waals surface area contributed by atoms with E-state index in [0.29, 0.717) is 4.68 Å². The third-order valence-electron chi connectivity index (χ3n) is 3.32. The lowest BCUT2D eigenvalue weighted by atomic mass is 10.3. The average Bonchev–Trinajstić information content (AvgIpc) is 3.01. The molecular weight excluding hydrogens is 371 g/mol. The van der Waals surface area contributed by atoms with E-state index in [-0.39, 0.29) is 16.4 Å². The van der Waals surface area contributed by atoms with Crippen molar-refractivity contribution in [2.75, 3.05) is 5.32 Å². The van der Waals surface area contributed by atoms with Crippen LogP contribution in [0, 0.1) is 0 Å². The number of amides is 1. The number of aromatic nitrogens is 2. The minimum atomic E-state index is -4.79. The SMILES string of the molecule is O=C(Nc1ccccc1Cl)Oc1cnn(-c2ccccc2)c1C(F)(F)F. The number of carbonyl (C=O) groups excluding carboxylic acids is 1. The first-order chi connectivity index (χ1) is 12.4. The van der Waals surface area contributed by atoms with Crippen molar-refractivity contribution in [3.8, 4) is 11.4 Å². The number of alkyl halides is 3. The summed E-state index contributed by atoms with van der Waals surface area (Å²) >= 11 is 5.89. The molecule has 0 saturated heterocycles. The van der Waals surface area contributed by atoms with Crippen LogP contribution in [0.3, 0.4) is 0 Å². The van der Waals surface area contributed by atoms with Crippen molar-refractivity contribution in [1.29, 1.82) is 0 Å². The molecular formula is C17H11ClF3N3O2. The molecule has 0 saturated carbocycles. The van der Waals surface area contributed by atoms with Gasteiger partial charge in [-0.2, -0.15) is 18.3 Å². The van der Waals surface area contributed by atoms with Gasteiger partial charge < -0.3 is 4.74 Å². The second-order valence-electron chi connectivity index (χ2n) is 5.10. The molecule has 134 valence electrons. The maximum Gasteiger partial charge on any atom is 0.437 e. The van der Waals surface area contributed by atoms with Crippen LogP contribution in [0.15, 0.2) is 60.8 Å². The molecule has 2 aromatic carbocycles. The highest BCUT2D eigenvalue weighted by Gasteiger charge is 2.40. The zero-order valence-corrected chi connectivity index (χ0v) is 13.8. The van der Waals surface area contributed by atoms with Gasteiger partial charge in [-0.25, -0.2) is 9.48 Å². The van der Waals surface area contributed by atoms with Gasteiger partial charge in [0.15, 0.2) is 11.4 Å². The smallest absolute Gasteiger partial charge is 0.406 e. The first-order valence-corrected chi connectivity index (χ1v) is 7.68. The van der Waals surface area contributed by atoms with Gasteiger partial charge >= 0.3 is 12.3 Å². The van der Waals surface area contributed by atoms with E-state index in [9.17, 15) is 18.0 Å². The Balaban J connectivity index is 1.90. The molecule has 26 heavy (non-hydrogen) atoms. The van der Waals surface area contributed by atoms with Crippen LogP contribution in [0.4, 0.5) is 23.7 Å². The Labute approximate surface area is 151 Å². The molecule has 0 radical (unpaired) electrons. The van der Waals surface area contributed by atoms with Gasteiger partial charge in [-0.1, -0.05) is 41.9 Å². The average molecular weight is 382 g/mol. The van der Waals surface area contributed by atoms with Crippen LogP contribution >= 0.6 is 11.6 Å². The maximum absolute atomic E-state index is 13.5. The molecule has 1 N–H and O–H groups in total. The van der Waals surface area contributed by atoms with Gasteiger partial charge in [0.1, 0.15) is 0 Å². The van der Waals surface area contributed by atoms with Gasteiger partial charge in [0.25, 0.3) is 0 Å². The number of hydrogen-bond donors (Lipinski definition) is 1. The zero-order valence-electron chi connectivity index (χ0n) is 13.0. The summed E-state index contributed by atoms with van der Waals surface area (Å²) in [5.41, 5.74) is -0.803. The standard InChI is InChI=1S/C17H11ClF3N3O2/c18-12-8-4-5-9-13(12)23-16(25)26-14-10-22-24(15(14)17(19,20)21)11-6-2-1-3-7-11/h1-10H,(H,23,25). The van der Waals surface area contributed by atoms with Crippen molar-refractivity contribution < 1.29 is 22.7 Å². The zero-order chi connectivity index (χ0) is 18.7. The maximum atomic E-state index is 13.5. The lowest BCUT2D eigenvalue weighted by Crippen LogP contribution is -2.20. The van der Waals surface area contributed by atoms with Crippen molar-refractivity contribution in [3.05, 3.63) is 71.5 Å². The monoisotopic (exact) mass is 381 g/mol. The van der Waals surface area contributed by atoms with Crippen molar-refractivity contribution in [1.82, 2.24) is 9.78 Å². The number of hydrogen-bond acceptors (Lipinski definition) is 3. The van der Waals surface area contributed by atoms with E-state index in [1.54, 1.807) is 30.3 Å². The second kappa shape index (κ2) is 7.09. The fourth-order valence-corrected chi connectivity index (χ4v) is 2.41. The summed E-state index contributed by atoms with van der Waals surface area (Å²) in [5.74, 6) is -0.717. The fourth-order valence-electron chi connectivity index (χ4n) is 2.23. The van der Waals surface area contributed by atoms with Gasteiger partial charge in [0, 0.05) is 0 Å². The molecule has 1 aromatic heterocycles. The highest BCUT2D eigenvalue weighted by molar-refractivity contribution is 6.33. The van der Waals surface area contributed by atoms with Gasteiger partial charge in [-0.3, -0.25) is 5.32 Å². The van der Waals surface area contributed by atoms with E-state index in [4.69, 9.17) is 16.3 Å². The van der Waals surface area contributed by atoms with Crippen molar-refractivity contribution in [2.24, 2.45) is 0 Å². The molecule has 3 rings (SSSR count). The van der Waals surface area contributed by atoms with Gasteiger partial charge in [0.2, 0.25) is 0 Å². The minimum absolute atomic E-state index is 0.182. The number of ether oxygens (including phenoxy) is 1. The van der Waals surface area contributed by atoms with Crippen LogP contribution in [-0.4, -0.2) is 15.9 Å². The molecule has 5 nitrogen and oxygen atoms in total. The highest BCUT2D eigenvalue weighted by atomic mass is 35.5. The summed E-state index contributed by atoms with van der Waals surface area (Å²) in [6.45, 7) is 0. The first kappa shape index (κ1) is 17.8. The third-order valence-corrected chi connectivity index (χ3v) is 3.65. The number of para-hydroxylation sites is 2. The summed E-state index contributed by atoms with van der Waals surface area (Å²) in [7, 11) is 0. The van der Waals surface area contributed by atoms with E-state index in [1.807, 2.05) is 0 Å². The fraction of sp³-hybridized carbons (Fsp3) is 0.0588. The molecule has 0 spiro atoms. The largest absolute Gasteiger partial charge is 0.437 e. The molecule has 1 heterocycles. The predicted octanol–water partition coefficient (Wildman–Crippen LogP) is 5.16. The quantitative estimate of drug-likeness (QED) is 0.682. The number of nitrogens with zero attached hydrogens (tertiary/aromatic N) is 2. The van der Waals surface area contributed by atoms with Gasteiger partial charge in [-0.15, -0.1) is 0 Å². The van der Waals surface area contributed by atoms with Crippen molar-refractivity contribution in [2.45, 2.75) is 6.18 Å². The van der Waals surface area contributed by atoms with E-state index < -0.39 is 23.7 Å². The number of halogens is 4. The number of rotatable bonds is 3. The van der Waals surface area contributed by atoms with E-state index >= 15 is 0 Å². The van der Waals surface area contributed by atoms with E-state index in [0.717, 1.165) is 6.20 Å². The Morgan fingerprint density at radius 3 is 2.38 bits per heavy atom. The molecule has 3 aromatic rings. The Morgan fingerprint density at radius 2 is 1.73 bits per heavy atom. The number of nitrogens with one attached hydrogen (secondary N) is 1. The number of benzene rings is 2. The molecule has 0 fully saturated rings. The van der Waals surface area contributed by atoms with Gasteiger partial charge in [0.05, 0.1) is 22.6 Å². The molecule has 9 heteroatoms. The Kier molecular flexibility index (Phi) is 4.85. The predicted molar refractivity (Wildman–Crippen MR) is 89.7 cm³/mol. The minimum Gasteiger partial charge on any atom is -0.406 e. The molecule has 1 amide bonds. The Bertz CT molecular complexity index is 927. The molecule has 0 aliphatic rings. The summed E-state index contributed by atoms with van der Waals surface area (Å²) in [5, 5.41) is 6.21. The molecule has 0 atom stereocenters. The molecule has 0 aliphatic carbocycles. The number of anilines is 1. The highest BCUT2D eigenvalue weighted by Crippen LogP contribution is 2.37. The molecule has 0 bridgehead atoms. The molecule has 0 unspecified atom stereocenters. The first-order valence-electron chi connectivity index (χ1n) is 7.30. The summed E-state index contributed by atoms with van der Waals surface area (Å²) < 4.78 is 45.9. The van der Waals surface area contributed by atoms with Crippen LogP contribution in [0.5, 0.6) is 5.75 Å². The van der Waals surface area contributed by atoms with Crippen LogP contribution in [0.25, 0.3) is 5.69 Å². The Hall–Kier alpha value is -3.00. The summed E-state index contributed by atoms with van der Waals surface area (Å²) in [4.78, 5) is 12.0. The van der Waals surface area contributed by atoms with E-state index in [1.165, 1.54) is 24.3 Å². The van der Waals surface area contributed by atoms with Crippen LogP contribution in [0.2, 0.25) is 5.02 Å². The van der Waals surface area contributed by atoms with Crippen LogP contribution < -0.4 is 10.1 Å². The topological polar surface area (TPSA) is 56.1 Å². The summed E-state index contributed by atoms with van der Waals surface area (Å²) in [6.07, 6.45) is -5.06. The van der Waals surface area contributed by atoms with Crippen LogP contribution in [0.1, 0.15) is 5.69 Å².